The van der Waals surface area contributed by atoms with Crippen molar-refractivity contribution in [3.05, 3.63) is 47.1 Å². The molecule has 0 bridgehead atoms. The summed E-state index contributed by atoms with van der Waals surface area (Å²) in [6, 6.07) is 11.0. The summed E-state index contributed by atoms with van der Waals surface area (Å²) in [5.74, 6) is 1.77. The van der Waals surface area contributed by atoms with E-state index in [-0.39, 0.29) is 0 Å². The number of likely N-dealkylation sites (tertiary alicyclic amines) is 1. The molecular weight excluding hydrogens is 340 g/mol. The highest BCUT2D eigenvalue weighted by Crippen LogP contribution is 2.30. The Labute approximate surface area is 159 Å². The maximum absolute atomic E-state index is 4.45. The van der Waals surface area contributed by atoms with Gasteiger partial charge in [-0.2, -0.15) is 0 Å². The Hall–Kier alpha value is -1.98. The summed E-state index contributed by atoms with van der Waals surface area (Å²) < 4.78 is 0. The largest absolute Gasteiger partial charge is 0.340 e. The molecule has 1 aliphatic rings. The molecule has 0 saturated carbocycles. The van der Waals surface area contributed by atoms with Gasteiger partial charge in [0.05, 0.1) is 5.39 Å². The molecule has 0 unspecified atom stereocenters. The van der Waals surface area contributed by atoms with Gasteiger partial charge in [-0.15, -0.1) is 11.3 Å². The van der Waals surface area contributed by atoms with Crippen LogP contribution in [0.5, 0.6) is 0 Å². The number of hydrogen-bond donors (Lipinski definition) is 1. The van der Waals surface area contributed by atoms with Crippen molar-refractivity contribution in [2.75, 3.05) is 18.4 Å². The van der Waals surface area contributed by atoms with Gasteiger partial charge >= 0.3 is 0 Å². The van der Waals surface area contributed by atoms with Crippen LogP contribution in [0.4, 0.5) is 11.5 Å². The summed E-state index contributed by atoms with van der Waals surface area (Å²) in [6.45, 7) is 8.02. The van der Waals surface area contributed by atoms with Gasteiger partial charge in [-0.1, -0.05) is 26.0 Å². The number of aromatic nitrogens is 2. The van der Waals surface area contributed by atoms with E-state index in [4.69, 9.17) is 0 Å². The molecule has 1 saturated heterocycles. The van der Waals surface area contributed by atoms with Crippen molar-refractivity contribution in [3.8, 4) is 0 Å². The molecule has 3 heterocycles. The zero-order valence-electron chi connectivity index (χ0n) is 15.5. The van der Waals surface area contributed by atoms with Crippen LogP contribution in [0.3, 0.4) is 0 Å². The van der Waals surface area contributed by atoms with E-state index in [1.165, 1.54) is 36.4 Å². The van der Waals surface area contributed by atoms with E-state index in [2.05, 4.69) is 64.4 Å². The number of anilines is 2. The Morgan fingerprint density at radius 3 is 2.65 bits per heavy atom. The molecule has 4 nitrogen and oxygen atoms in total. The summed E-state index contributed by atoms with van der Waals surface area (Å²) in [7, 11) is 0. The summed E-state index contributed by atoms with van der Waals surface area (Å²) in [5, 5.41) is 4.57. The van der Waals surface area contributed by atoms with Crippen LogP contribution in [0.15, 0.2) is 36.7 Å². The first-order valence-electron chi connectivity index (χ1n) is 9.53. The Kier molecular flexibility index (Phi) is 5.18. The van der Waals surface area contributed by atoms with E-state index in [9.17, 15) is 0 Å². The molecule has 1 aliphatic heterocycles. The number of nitrogens with one attached hydrogen (secondary N) is 1. The van der Waals surface area contributed by atoms with E-state index >= 15 is 0 Å². The fourth-order valence-corrected chi connectivity index (χ4v) is 4.42. The SMILES string of the molecule is CCc1cc2c(Nc3ccc(CN4CCC(C)CC4)cc3)ncnc2s1. The van der Waals surface area contributed by atoms with Crippen molar-refractivity contribution in [1.82, 2.24) is 14.9 Å². The van der Waals surface area contributed by atoms with E-state index in [0.29, 0.717) is 0 Å². The van der Waals surface area contributed by atoms with Gasteiger partial charge in [-0.25, -0.2) is 9.97 Å². The molecule has 3 aromatic rings. The van der Waals surface area contributed by atoms with Crippen molar-refractivity contribution in [1.29, 1.82) is 0 Å². The zero-order valence-corrected chi connectivity index (χ0v) is 16.4. The summed E-state index contributed by atoms with van der Waals surface area (Å²) >= 11 is 1.75. The number of thiophene rings is 1. The summed E-state index contributed by atoms with van der Waals surface area (Å²) in [4.78, 5) is 13.8. The number of hydrogen-bond acceptors (Lipinski definition) is 5. The quantitative estimate of drug-likeness (QED) is 0.671. The van der Waals surface area contributed by atoms with Crippen LogP contribution in [0.2, 0.25) is 0 Å². The number of piperidine rings is 1. The van der Waals surface area contributed by atoms with Gasteiger partial charge in [0.15, 0.2) is 0 Å². The molecule has 0 amide bonds. The van der Waals surface area contributed by atoms with Crippen LogP contribution in [0, 0.1) is 5.92 Å². The van der Waals surface area contributed by atoms with Gasteiger partial charge in [0.25, 0.3) is 0 Å². The monoisotopic (exact) mass is 366 g/mol. The van der Waals surface area contributed by atoms with Crippen LogP contribution < -0.4 is 5.32 Å². The second-order valence-electron chi connectivity index (χ2n) is 7.29. The second-order valence-corrected chi connectivity index (χ2v) is 8.40. The number of aryl methyl sites for hydroxylation is 1. The molecule has 5 heteroatoms. The van der Waals surface area contributed by atoms with Gasteiger partial charge in [0.2, 0.25) is 0 Å². The first-order valence-corrected chi connectivity index (χ1v) is 10.3. The fraction of sp³-hybridized carbons (Fsp3) is 0.429. The molecule has 0 spiro atoms. The highest BCUT2D eigenvalue weighted by atomic mass is 32.1. The lowest BCUT2D eigenvalue weighted by Gasteiger charge is -2.30. The standard InChI is InChI=1S/C21H26N4S/c1-3-18-12-19-20(22-14-23-21(19)26-18)24-17-6-4-16(5-7-17)13-25-10-8-15(2)9-11-25/h4-7,12,14-15H,3,8-11,13H2,1-2H3,(H,22,23,24). The van der Waals surface area contributed by atoms with Gasteiger partial charge in [0, 0.05) is 17.1 Å². The lowest BCUT2D eigenvalue weighted by Crippen LogP contribution is -2.32. The van der Waals surface area contributed by atoms with Crippen LogP contribution in [-0.4, -0.2) is 28.0 Å². The smallest absolute Gasteiger partial charge is 0.142 e. The predicted octanol–water partition coefficient (Wildman–Crippen LogP) is 5.23. The Morgan fingerprint density at radius 1 is 1.15 bits per heavy atom. The fourth-order valence-electron chi connectivity index (χ4n) is 3.49. The van der Waals surface area contributed by atoms with Crippen molar-refractivity contribution in [3.63, 3.8) is 0 Å². The first kappa shape index (κ1) is 17.4. The van der Waals surface area contributed by atoms with E-state index in [0.717, 1.165) is 40.6 Å². The number of rotatable bonds is 5. The topological polar surface area (TPSA) is 41.0 Å². The third-order valence-corrected chi connectivity index (χ3v) is 6.42. The minimum absolute atomic E-state index is 0.882. The van der Waals surface area contributed by atoms with E-state index in [1.807, 2.05) is 0 Å². The zero-order chi connectivity index (χ0) is 17.9. The Morgan fingerprint density at radius 2 is 1.92 bits per heavy atom. The number of nitrogens with zero attached hydrogens (tertiary/aromatic N) is 3. The van der Waals surface area contributed by atoms with Crippen LogP contribution in [0.25, 0.3) is 10.2 Å². The molecule has 0 radical (unpaired) electrons. The van der Waals surface area contributed by atoms with E-state index < -0.39 is 0 Å². The third-order valence-electron chi connectivity index (χ3n) is 5.23. The minimum Gasteiger partial charge on any atom is -0.340 e. The summed E-state index contributed by atoms with van der Waals surface area (Å²) in [5.41, 5.74) is 2.45. The van der Waals surface area contributed by atoms with Crippen LogP contribution in [0.1, 0.15) is 37.1 Å². The number of benzene rings is 1. The minimum atomic E-state index is 0.882. The van der Waals surface area contributed by atoms with Crippen molar-refractivity contribution >= 4 is 33.1 Å². The molecule has 0 atom stereocenters. The maximum atomic E-state index is 4.45. The molecule has 1 aromatic carbocycles. The van der Waals surface area contributed by atoms with Gasteiger partial charge in [-0.3, -0.25) is 4.90 Å². The Bertz CT molecular complexity index is 863. The molecule has 4 rings (SSSR count). The van der Waals surface area contributed by atoms with E-state index in [1.54, 1.807) is 17.7 Å². The van der Waals surface area contributed by atoms with Crippen molar-refractivity contribution in [2.45, 2.75) is 39.7 Å². The highest BCUT2D eigenvalue weighted by Gasteiger charge is 2.15. The lowest BCUT2D eigenvalue weighted by atomic mass is 9.99. The highest BCUT2D eigenvalue weighted by molar-refractivity contribution is 7.18. The molecule has 26 heavy (non-hydrogen) atoms. The number of fused-ring (bicyclic) bond motifs is 1. The average Bonchev–Trinajstić information content (AvgIpc) is 3.10. The van der Waals surface area contributed by atoms with Gasteiger partial charge in [0.1, 0.15) is 17.0 Å². The molecule has 136 valence electrons. The van der Waals surface area contributed by atoms with Crippen molar-refractivity contribution in [2.24, 2.45) is 5.92 Å². The van der Waals surface area contributed by atoms with Crippen LogP contribution >= 0.6 is 11.3 Å². The second kappa shape index (κ2) is 7.72. The van der Waals surface area contributed by atoms with Crippen LogP contribution in [-0.2, 0) is 13.0 Å². The van der Waals surface area contributed by atoms with Crippen molar-refractivity contribution < 1.29 is 0 Å². The maximum Gasteiger partial charge on any atom is 0.142 e. The molecule has 0 aliphatic carbocycles. The predicted molar refractivity (Wildman–Crippen MR) is 110 cm³/mol. The first-order chi connectivity index (χ1) is 12.7. The molecule has 1 N–H and O–H groups in total. The average molecular weight is 367 g/mol. The van der Waals surface area contributed by atoms with Gasteiger partial charge < -0.3 is 5.32 Å². The summed E-state index contributed by atoms with van der Waals surface area (Å²) in [6.07, 6.45) is 5.32. The Balaban J connectivity index is 1.45. The lowest BCUT2D eigenvalue weighted by molar-refractivity contribution is 0.185. The third kappa shape index (κ3) is 3.89. The molecular formula is C21H26N4S. The van der Waals surface area contributed by atoms with Gasteiger partial charge in [-0.05, 0) is 62.0 Å². The molecule has 2 aromatic heterocycles. The molecule has 1 fully saturated rings. The normalized spacial score (nSPS) is 16.2.